The number of aromatic nitrogens is 3. The summed E-state index contributed by atoms with van der Waals surface area (Å²) in [5, 5.41) is 3.95. The number of hydrogen-bond donors (Lipinski definition) is 0. The van der Waals surface area contributed by atoms with Crippen molar-refractivity contribution in [3.63, 3.8) is 0 Å². The number of nitrogens with zero attached hydrogens (tertiary/aromatic N) is 3. The van der Waals surface area contributed by atoms with Crippen molar-refractivity contribution in [1.82, 2.24) is 15.1 Å². The second-order valence-electron chi connectivity index (χ2n) is 5.44. The van der Waals surface area contributed by atoms with Gasteiger partial charge in [-0.05, 0) is 32.9 Å². The Labute approximate surface area is 140 Å². The van der Waals surface area contributed by atoms with Crippen molar-refractivity contribution in [1.29, 1.82) is 0 Å². The molecule has 0 bridgehead atoms. The normalized spacial score (nSPS) is 10.7. The Morgan fingerprint density at radius 1 is 1.04 bits per heavy atom. The van der Waals surface area contributed by atoms with Crippen molar-refractivity contribution in [2.75, 3.05) is 7.11 Å². The minimum atomic E-state index is 0.362. The zero-order chi connectivity index (χ0) is 17.1. The molecular formula is C18H19N3O3. The van der Waals surface area contributed by atoms with Crippen LogP contribution in [0.4, 0.5) is 0 Å². The summed E-state index contributed by atoms with van der Waals surface area (Å²) in [6.07, 6.45) is 3.34. The van der Waals surface area contributed by atoms with Gasteiger partial charge in [-0.3, -0.25) is 9.97 Å². The zero-order valence-electron chi connectivity index (χ0n) is 14.2. The van der Waals surface area contributed by atoms with E-state index in [1.807, 2.05) is 39.0 Å². The quantitative estimate of drug-likeness (QED) is 0.713. The van der Waals surface area contributed by atoms with E-state index in [0.717, 1.165) is 34.0 Å². The highest BCUT2D eigenvalue weighted by Gasteiger charge is 2.15. The van der Waals surface area contributed by atoms with Crippen LogP contribution in [-0.4, -0.2) is 22.2 Å². The predicted octanol–water partition coefficient (Wildman–Crippen LogP) is 3.64. The SMILES string of the molecule is COc1ccc(-c2nccnc2C)c(OCc2c(C)noc2C)c1. The number of ether oxygens (including phenoxy) is 2. The van der Waals surface area contributed by atoms with Crippen LogP contribution in [0.1, 0.15) is 22.7 Å². The fourth-order valence-corrected chi connectivity index (χ4v) is 2.47. The summed E-state index contributed by atoms with van der Waals surface area (Å²) in [5.41, 5.74) is 4.26. The molecule has 3 rings (SSSR count). The molecule has 0 radical (unpaired) electrons. The lowest BCUT2D eigenvalue weighted by Crippen LogP contribution is -2.01. The third kappa shape index (κ3) is 3.08. The lowest BCUT2D eigenvalue weighted by Gasteiger charge is -2.13. The third-order valence-electron chi connectivity index (χ3n) is 3.88. The molecule has 0 amide bonds. The van der Waals surface area contributed by atoms with E-state index in [0.29, 0.717) is 18.1 Å². The first-order valence-corrected chi connectivity index (χ1v) is 7.60. The van der Waals surface area contributed by atoms with Gasteiger partial charge < -0.3 is 14.0 Å². The molecule has 0 saturated heterocycles. The summed E-state index contributed by atoms with van der Waals surface area (Å²) < 4.78 is 16.5. The minimum Gasteiger partial charge on any atom is -0.497 e. The van der Waals surface area contributed by atoms with Crippen LogP contribution in [0.15, 0.2) is 35.1 Å². The summed E-state index contributed by atoms with van der Waals surface area (Å²) in [5.74, 6) is 2.15. The van der Waals surface area contributed by atoms with Crippen molar-refractivity contribution in [3.05, 3.63) is 53.3 Å². The van der Waals surface area contributed by atoms with E-state index >= 15 is 0 Å². The van der Waals surface area contributed by atoms with Crippen LogP contribution >= 0.6 is 0 Å². The molecule has 0 N–H and O–H groups in total. The molecule has 0 unspecified atom stereocenters. The van der Waals surface area contributed by atoms with Crippen molar-refractivity contribution in [2.45, 2.75) is 27.4 Å². The highest BCUT2D eigenvalue weighted by Crippen LogP contribution is 2.34. The van der Waals surface area contributed by atoms with E-state index in [4.69, 9.17) is 14.0 Å². The Morgan fingerprint density at radius 3 is 2.50 bits per heavy atom. The average Bonchev–Trinajstić information content (AvgIpc) is 2.91. The Kier molecular flexibility index (Phi) is 4.46. The van der Waals surface area contributed by atoms with Crippen LogP contribution in [-0.2, 0) is 6.61 Å². The lowest BCUT2D eigenvalue weighted by atomic mass is 10.1. The van der Waals surface area contributed by atoms with E-state index in [2.05, 4.69) is 15.1 Å². The molecule has 124 valence electrons. The van der Waals surface area contributed by atoms with Crippen LogP contribution < -0.4 is 9.47 Å². The van der Waals surface area contributed by atoms with Gasteiger partial charge in [0, 0.05) is 24.0 Å². The first-order chi connectivity index (χ1) is 11.6. The standard InChI is InChI=1S/C18H19N3O3/c1-11-16(13(3)24-21-11)10-23-17-9-14(22-4)5-6-15(17)18-12(2)19-7-8-20-18/h5-9H,10H2,1-4H3. The van der Waals surface area contributed by atoms with E-state index in [9.17, 15) is 0 Å². The van der Waals surface area contributed by atoms with Gasteiger partial charge in [-0.25, -0.2) is 0 Å². The molecule has 0 fully saturated rings. The van der Waals surface area contributed by atoms with E-state index in [-0.39, 0.29) is 0 Å². The molecule has 2 aromatic heterocycles. The molecule has 3 aromatic rings. The molecule has 24 heavy (non-hydrogen) atoms. The van der Waals surface area contributed by atoms with Crippen LogP contribution in [0.2, 0.25) is 0 Å². The molecule has 0 aliphatic rings. The lowest BCUT2D eigenvalue weighted by molar-refractivity contribution is 0.300. The minimum absolute atomic E-state index is 0.362. The predicted molar refractivity (Wildman–Crippen MR) is 89.1 cm³/mol. The molecule has 2 heterocycles. The van der Waals surface area contributed by atoms with Crippen molar-refractivity contribution >= 4 is 0 Å². The summed E-state index contributed by atoms with van der Waals surface area (Å²) in [6.45, 7) is 6.05. The van der Waals surface area contributed by atoms with Gasteiger partial charge in [-0.1, -0.05) is 5.16 Å². The van der Waals surface area contributed by atoms with Gasteiger partial charge in [0.15, 0.2) is 0 Å². The summed E-state index contributed by atoms with van der Waals surface area (Å²) in [4.78, 5) is 8.73. The van der Waals surface area contributed by atoms with Gasteiger partial charge in [0.2, 0.25) is 0 Å². The first-order valence-electron chi connectivity index (χ1n) is 7.60. The number of benzene rings is 1. The number of methoxy groups -OCH3 is 1. The second-order valence-corrected chi connectivity index (χ2v) is 5.44. The third-order valence-corrected chi connectivity index (χ3v) is 3.88. The Balaban J connectivity index is 1.97. The van der Waals surface area contributed by atoms with Gasteiger partial charge in [0.1, 0.15) is 23.9 Å². The maximum absolute atomic E-state index is 6.05. The smallest absolute Gasteiger partial charge is 0.140 e. The highest BCUT2D eigenvalue weighted by molar-refractivity contribution is 5.70. The fraction of sp³-hybridized carbons (Fsp3) is 0.278. The number of rotatable bonds is 5. The molecule has 6 nitrogen and oxygen atoms in total. The second kappa shape index (κ2) is 6.70. The van der Waals surface area contributed by atoms with Gasteiger partial charge in [-0.15, -0.1) is 0 Å². The fourth-order valence-electron chi connectivity index (χ4n) is 2.47. The summed E-state index contributed by atoms with van der Waals surface area (Å²) >= 11 is 0. The first kappa shape index (κ1) is 16.0. The van der Waals surface area contributed by atoms with Gasteiger partial charge >= 0.3 is 0 Å². The Morgan fingerprint density at radius 2 is 1.83 bits per heavy atom. The van der Waals surface area contributed by atoms with Crippen LogP contribution in [0.5, 0.6) is 11.5 Å². The van der Waals surface area contributed by atoms with E-state index in [1.54, 1.807) is 19.5 Å². The van der Waals surface area contributed by atoms with Gasteiger partial charge in [0.05, 0.1) is 29.8 Å². The van der Waals surface area contributed by atoms with Crippen molar-refractivity contribution in [2.24, 2.45) is 0 Å². The van der Waals surface area contributed by atoms with Crippen molar-refractivity contribution < 1.29 is 14.0 Å². The van der Waals surface area contributed by atoms with Gasteiger partial charge in [0.25, 0.3) is 0 Å². The molecule has 0 atom stereocenters. The summed E-state index contributed by atoms with van der Waals surface area (Å²) in [7, 11) is 1.63. The maximum Gasteiger partial charge on any atom is 0.140 e. The van der Waals surface area contributed by atoms with E-state index < -0.39 is 0 Å². The molecule has 6 heteroatoms. The molecule has 0 saturated carbocycles. The number of hydrogen-bond acceptors (Lipinski definition) is 6. The Bertz CT molecular complexity index is 839. The van der Waals surface area contributed by atoms with Crippen LogP contribution in [0.25, 0.3) is 11.3 Å². The topological polar surface area (TPSA) is 70.3 Å². The maximum atomic E-state index is 6.05. The summed E-state index contributed by atoms with van der Waals surface area (Å²) in [6, 6.07) is 5.66. The largest absolute Gasteiger partial charge is 0.497 e. The van der Waals surface area contributed by atoms with Crippen LogP contribution in [0, 0.1) is 20.8 Å². The van der Waals surface area contributed by atoms with Crippen LogP contribution in [0.3, 0.4) is 0 Å². The van der Waals surface area contributed by atoms with Gasteiger partial charge in [-0.2, -0.15) is 0 Å². The van der Waals surface area contributed by atoms with Crippen molar-refractivity contribution in [3.8, 4) is 22.8 Å². The molecule has 1 aromatic carbocycles. The average molecular weight is 325 g/mol. The number of aryl methyl sites for hydroxylation is 3. The monoisotopic (exact) mass is 325 g/mol. The van der Waals surface area contributed by atoms with E-state index in [1.165, 1.54) is 0 Å². The Hall–Kier alpha value is -2.89. The molecule has 0 aliphatic heterocycles. The molecule has 0 aliphatic carbocycles. The zero-order valence-corrected chi connectivity index (χ0v) is 14.2. The highest BCUT2D eigenvalue weighted by atomic mass is 16.5. The molecular weight excluding hydrogens is 306 g/mol. The molecule has 0 spiro atoms.